The number of thiophene rings is 1. The van der Waals surface area contributed by atoms with Gasteiger partial charge in [0.25, 0.3) is 11.5 Å². The van der Waals surface area contributed by atoms with Gasteiger partial charge in [-0.3, -0.25) is 19.0 Å². The molecule has 0 aliphatic carbocycles. The van der Waals surface area contributed by atoms with E-state index in [2.05, 4.69) is 4.98 Å². The Kier molecular flexibility index (Phi) is 5.55. The number of hydrogen-bond acceptors (Lipinski definition) is 7. The highest BCUT2D eigenvalue weighted by Crippen LogP contribution is 2.33. The standard InChI is InChI=1S/C19H20N4O5S/c1-9-14-18(29-15(9)16(21)25)22-17(23(19(14)26)7-6-13(20)24)10-4-5-11(27-2)12(8-10)28-3/h4-5,8H,6-7H2,1-3H3,(H2,20,24)(H2,21,25). The molecule has 0 unspecified atom stereocenters. The number of hydrogen-bond donors (Lipinski definition) is 2. The number of carbonyl (C=O) groups is 2. The normalized spacial score (nSPS) is 10.9. The van der Waals surface area contributed by atoms with Crippen molar-refractivity contribution in [1.29, 1.82) is 0 Å². The van der Waals surface area contributed by atoms with Crippen LogP contribution in [-0.2, 0) is 11.3 Å². The van der Waals surface area contributed by atoms with Crippen LogP contribution in [0.2, 0.25) is 0 Å². The summed E-state index contributed by atoms with van der Waals surface area (Å²) in [5.41, 5.74) is 11.4. The van der Waals surface area contributed by atoms with Crippen LogP contribution in [0.5, 0.6) is 11.5 Å². The first kappa shape index (κ1) is 20.3. The quantitative estimate of drug-likeness (QED) is 0.597. The molecule has 0 saturated carbocycles. The summed E-state index contributed by atoms with van der Waals surface area (Å²) in [4.78, 5) is 41.6. The predicted octanol–water partition coefficient (Wildman–Crippen LogP) is 1.42. The second-order valence-electron chi connectivity index (χ2n) is 6.28. The zero-order chi connectivity index (χ0) is 21.3. The topological polar surface area (TPSA) is 140 Å². The second kappa shape index (κ2) is 7.92. The lowest BCUT2D eigenvalue weighted by molar-refractivity contribution is -0.118. The van der Waals surface area contributed by atoms with Gasteiger partial charge in [0.2, 0.25) is 5.91 Å². The van der Waals surface area contributed by atoms with E-state index in [9.17, 15) is 14.4 Å². The second-order valence-corrected chi connectivity index (χ2v) is 7.28. The van der Waals surface area contributed by atoms with Gasteiger partial charge in [-0.05, 0) is 30.7 Å². The molecule has 10 heteroatoms. The number of benzene rings is 1. The van der Waals surface area contributed by atoms with Gasteiger partial charge in [0.05, 0.1) is 24.5 Å². The summed E-state index contributed by atoms with van der Waals surface area (Å²) < 4.78 is 12.0. The number of fused-ring (bicyclic) bond motifs is 1. The monoisotopic (exact) mass is 416 g/mol. The Bertz CT molecular complexity index is 1180. The van der Waals surface area contributed by atoms with Crippen LogP contribution in [0.25, 0.3) is 21.6 Å². The maximum atomic E-state index is 13.2. The van der Waals surface area contributed by atoms with Gasteiger partial charge >= 0.3 is 0 Å². The van der Waals surface area contributed by atoms with E-state index in [0.29, 0.717) is 38.7 Å². The van der Waals surface area contributed by atoms with E-state index >= 15 is 0 Å². The zero-order valence-electron chi connectivity index (χ0n) is 16.1. The molecule has 2 amide bonds. The van der Waals surface area contributed by atoms with Crippen LogP contribution in [0.3, 0.4) is 0 Å². The summed E-state index contributed by atoms with van der Waals surface area (Å²) in [6.45, 7) is 1.69. The van der Waals surface area contributed by atoms with Crippen molar-refractivity contribution in [2.24, 2.45) is 11.5 Å². The molecule has 3 rings (SSSR count). The van der Waals surface area contributed by atoms with Crippen molar-refractivity contribution in [3.05, 3.63) is 39.0 Å². The first-order chi connectivity index (χ1) is 13.8. The Morgan fingerprint density at radius 3 is 2.45 bits per heavy atom. The van der Waals surface area contributed by atoms with E-state index in [4.69, 9.17) is 20.9 Å². The predicted molar refractivity (Wildman–Crippen MR) is 109 cm³/mol. The molecule has 0 bridgehead atoms. The van der Waals surface area contributed by atoms with Crippen molar-refractivity contribution in [3.8, 4) is 22.9 Å². The molecule has 9 nitrogen and oxygen atoms in total. The number of nitrogens with zero attached hydrogens (tertiary/aromatic N) is 2. The highest BCUT2D eigenvalue weighted by Gasteiger charge is 2.21. The summed E-state index contributed by atoms with van der Waals surface area (Å²) in [6, 6.07) is 5.10. The van der Waals surface area contributed by atoms with Crippen LogP contribution in [0.1, 0.15) is 21.7 Å². The van der Waals surface area contributed by atoms with E-state index in [1.54, 1.807) is 25.1 Å². The Morgan fingerprint density at radius 1 is 1.17 bits per heavy atom. The zero-order valence-corrected chi connectivity index (χ0v) is 17.0. The van der Waals surface area contributed by atoms with Crippen molar-refractivity contribution in [3.63, 3.8) is 0 Å². The molecule has 4 N–H and O–H groups in total. The van der Waals surface area contributed by atoms with E-state index in [-0.39, 0.29) is 23.4 Å². The molecule has 0 radical (unpaired) electrons. The van der Waals surface area contributed by atoms with Crippen LogP contribution in [0, 0.1) is 6.92 Å². The number of methoxy groups -OCH3 is 2. The minimum Gasteiger partial charge on any atom is -0.493 e. The molecule has 1 aromatic carbocycles. The maximum Gasteiger partial charge on any atom is 0.262 e. The SMILES string of the molecule is COc1ccc(-c2nc3sc(C(N)=O)c(C)c3c(=O)n2CCC(N)=O)cc1OC. The van der Waals surface area contributed by atoms with E-state index in [0.717, 1.165) is 11.3 Å². The number of carbonyl (C=O) groups excluding carboxylic acids is 2. The molecular weight excluding hydrogens is 396 g/mol. The lowest BCUT2D eigenvalue weighted by Gasteiger charge is -2.14. The van der Waals surface area contributed by atoms with Gasteiger partial charge in [-0.15, -0.1) is 11.3 Å². The van der Waals surface area contributed by atoms with Gasteiger partial charge in [-0.25, -0.2) is 4.98 Å². The molecule has 2 heterocycles. The number of aryl methyl sites for hydroxylation is 1. The van der Waals surface area contributed by atoms with Crippen molar-refractivity contribution < 1.29 is 19.1 Å². The van der Waals surface area contributed by atoms with Gasteiger partial charge in [0.15, 0.2) is 11.5 Å². The van der Waals surface area contributed by atoms with E-state index in [1.807, 2.05) is 0 Å². The maximum absolute atomic E-state index is 13.2. The fourth-order valence-electron chi connectivity index (χ4n) is 3.08. The highest BCUT2D eigenvalue weighted by molar-refractivity contribution is 7.20. The third-order valence-electron chi connectivity index (χ3n) is 4.50. The number of primary amides is 2. The van der Waals surface area contributed by atoms with E-state index in [1.165, 1.54) is 18.8 Å². The minimum atomic E-state index is -0.624. The summed E-state index contributed by atoms with van der Waals surface area (Å²) >= 11 is 1.06. The lowest BCUT2D eigenvalue weighted by Crippen LogP contribution is -2.26. The molecule has 0 aliphatic rings. The van der Waals surface area contributed by atoms with Gasteiger partial charge in [0.1, 0.15) is 10.7 Å². The summed E-state index contributed by atoms with van der Waals surface area (Å²) in [7, 11) is 3.02. The highest BCUT2D eigenvalue weighted by atomic mass is 32.1. The van der Waals surface area contributed by atoms with Crippen molar-refractivity contribution in [2.45, 2.75) is 19.9 Å². The minimum absolute atomic E-state index is 0.0424. The van der Waals surface area contributed by atoms with Gasteiger partial charge in [-0.1, -0.05) is 0 Å². The molecule has 0 saturated heterocycles. The number of nitrogens with two attached hydrogens (primary N) is 2. The van der Waals surface area contributed by atoms with Crippen LogP contribution >= 0.6 is 11.3 Å². The van der Waals surface area contributed by atoms with Crippen LogP contribution in [0.4, 0.5) is 0 Å². The molecule has 3 aromatic rings. The molecule has 0 aliphatic heterocycles. The number of ether oxygens (including phenoxy) is 2. The van der Waals surface area contributed by atoms with Gasteiger partial charge < -0.3 is 20.9 Å². The molecule has 2 aromatic heterocycles. The Labute approximate surface area is 169 Å². The average molecular weight is 416 g/mol. The molecule has 0 fully saturated rings. The van der Waals surface area contributed by atoms with Crippen molar-refractivity contribution in [1.82, 2.24) is 9.55 Å². The smallest absolute Gasteiger partial charge is 0.262 e. The van der Waals surface area contributed by atoms with E-state index < -0.39 is 11.8 Å². The first-order valence-corrected chi connectivity index (χ1v) is 9.44. The Balaban J connectivity index is 2.32. The average Bonchev–Trinajstić information content (AvgIpc) is 3.03. The lowest BCUT2D eigenvalue weighted by atomic mass is 10.1. The largest absolute Gasteiger partial charge is 0.493 e. The third kappa shape index (κ3) is 3.66. The fourth-order valence-corrected chi connectivity index (χ4v) is 4.10. The number of rotatable bonds is 7. The first-order valence-electron chi connectivity index (χ1n) is 8.62. The van der Waals surface area contributed by atoms with Gasteiger partial charge in [-0.2, -0.15) is 0 Å². The molecule has 0 spiro atoms. The van der Waals surface area contributed by atoms with Crippen LogP contribution in [0.15, 0.2) is 23.0 Å². The third-order valence-corrected chi connectivity index (χ3v) is 5.70. The fraction of sp³-hybridized carbons (Fsp3) is 0.263. The van der Waals surface area contributed by atoms with Crippen molar-refractivity contribution >= 4 is 33.4 Å². The Hall–Kier alpha value is -3.40. The summed E-state index contributed by atoms with van der Waals surface area (Å²) in [6.07, 6.45) is -0.0424. The molecule has 0 atom stereocenters. The summed E-state index contributed by atoms with van der Waals surface area (Å²) in [5.74, 6) is 0.130. The number of amides is 2. The van der Waals surface area contributed by atoms with Crippen molar-refractivity contribution in [2.75, 3.05) is 14.2 Å². The van der Waals surface area contributed by atoms with Gasteiger partial charge in [0, 0.05) is 18.5 Å². The van der Waals surface area contributed by atoms with Crippen LogP contribution in [-0.4, -0.2) is 35.6 Å². The number of aromatic nitrogens is 2. The Morgan fingerprint density at radius 2 is 1.86 bits per heavy atom. The summed E-state index contributed by atoms with van der Waals surface area (Å²) in [5, 5.41) is 0.303. The van der Waals surface area contributed by atoms with Crippen LogP contribution < -0.4 is 26.5 Å². The molecule has 152 valence electrons. The molecule has 29 heavy (non-hydrogen) atoms. The molecular formula is C19H20N4O5S.